The normalized spacial score (nSPS) is 12.5. The first kappa shape index (κ1) is 14.0. The molecule has 0 aliphatic heterocycles. The monoisotopic (exact) mass is 258 g/mol. The van der Waals surface area contributed by atoms with Crippen LogP contribution in [0.25, 0.3) is 0 Å². The number of hydrogen-bond donors (Lipinski definition) is 2. The molecule has 5 nitrogen and oxygen atoms in total. The van der Waals surface area contributed by atoms with Gasteiger partial charge in [-0.05, 0) is 19.8 Å². The molecule has 0 saturated carbocycles. The van der Waals surface area contributed by atoms with Crippen LogP contribution in [0.2, 0.25) is 5.02 Å². The summed E-state index contributed by atoms with van der Waals surface area (Å²) in [5, 5.41) is 7.31. The van der Waals surface area contributed by atoms with Gasteiger partial charge in [-0.1, -0.05) is 18.5 Å². The minimum Gasteiger partial charge on any atom is -0.382 e. The summed E-state index contributed by atoms with van der Waals surface area (Å²) in [6, 6.07) is 0.120. The van der Waals surface area contributed by atoms with Crippen molar-refractivity contribution in [1.82, 2.24) is 9.78 Å². The lowest BCUT2D eigenvalue weighted by molar-refractivity contribution is 0.568. The second-order valence-electron chi connectivity index (χ2n) is 4.09. The number of halogens is 1. The smallest absolute Gasteiger partial charge is 0.287 e. The quantitative estimate of drug-likeness (QED) is 0.810. The Hall–Kier alpha value is -1.07. The summed E-state index contributed by atoms with van der Waals surface area (Å²) in [5.74, 6) is 0. The number of hydrogen-bond acceptors (Lipinski definition) is 4. The van der Waals surface area contributed by atoms with Gasteiger partial charge in [0.15, 0.2) is 0 Å². The van der Waals surface area contributed by atoms with E-state index in [1.165, 1.54) is 4.68 Å². The minimum absolute atomic E-state index is 0.120. The summed E-state index contributed by atoms with van der Waals surface area (Å²) in [7, 11) is 0. The number of anilines is 1. The van der Waals surface area contributed by atoms with Crippen LogP contribution in [-0.2, 0) is 6.54 Å². The fourth-order valence-corrected chi connectivity index (χ4v) is 1.61. The molecule has 0 amide bonds. The highest BCUT2D eigenvalue weighted by Gasteiger charge is 2.08. The lowest BCUT2D eigenvalue weighted by Gasteiger charge is -2.10. The highest BCUT2D eigenvalue weighted by Crippen LogP contribution is 2.15. The van der Waals surface area contributed by atoms with Crippen molar-refractivity contribution in [1.29, 1.82) is 0 Å². The molecule has 17 heavy (non-hydrogen) atoms. The number of nitrogens with two attached hydrogens (primary N) is 1. The third-order valence-electron chi connectivity index (χ3n) is 2.34. The predicted molar refractivity (Wildman–Crippen MR) is 70.6 cm³/mol. The maximum absolute atomic E-state index is 11.8. The van der Waals surface area contributed by atoms with E-state index in [4.69, 9.17) is 17.3 Å². The second kappa shape index (κ2) is 6.61. The van der Waals surface area contributed by atoms with Gasteiger partial charge in [0.05, 0.1) is 11.9 Å². The van der Waals surface area contributed by atoms with Crippen molar-refractivity contribution in [2.24, 2.45) is 5.73 Å². The van der Waals surface area contributed by atoms with Gasteiger partial charge < -0.3 is 11.1 Å². The van der Waals surface area contributed by atoms with Crippen LogP contribution in [0.1, 0.15) is 26.7 Å². The van der Waals surface area contributed by atoms with Gasteiger partial charge in [-0.25, -0.2) is 4.68 Å². The van der Waals surface area contributed by atoms with Gasteiger partial charge in [0, 0.05) is 19.1 Å². The lowest BCUT2D eigenvalue weighted by atomic mass is 10.2. The van der Waals surface area contributed by atoms with E-state index in [0.717, 1.165) is 12.8 Å². The standard InChI is InChI=1S/C11H19ClN4O/c1-3-6-16-11(17)10(12)9(7-15-16)14-5-4-8(2)13/h7-8,14H,3-6,13H2,1-2H3. The Balaban J connectivity index is 2.75. The highest BCUT2D eigenvalue weighted by atomic mass is 35.5. The van der Waals surface area contributed by atoms with Crippen LogP contribution in [0.3, 0.4) is 0 Å². The topological polar surface area (TPSA) is 72.9 Å². The molecule has 0 bridgehead atoms. The third-order valence-corrected chi connectivity index (χ3v) is 2.70. The Bertz CT molecular complexity index is 416. The van der Waals surface area contributed by atoms with Gasteiger partial charge in [-0.15, -0.1) is 0 Å². The van der Waals surface area contributed by atoms with Crippen molar-refractivity contribution in [3.63, 3.8) is 0 Å². The predicted octanol–water partition coefficient (Wildman–Crippen LogP) is 1.46. The molecule has 1 heterocycles. The SMILES string of the molecule is CCCn1ncc(NCCC(C)N)c(Cl)c1=O. The Morgan fingerprint density at radius 3 is 2.94 bits per heavy atom. The molecule has 1 unspecified atom stereocenters. The zero-order valence-corrected chi connectivity index (χ0v) is 11.0. The summed E-state index contributed by atoms with van der Waals surface area (Å²) < 4.78 is 1.37. The molecule has 0 aromatic carbocycles. The third kappa shape index (κ3) is 4.02. The van der Waals surface area contributed by atoms with Crippen molar-refractivity contribution in [3.05, 3.63) is 21.6 Å². The molecule has 1 aromatic rings. The van der Waals surface area contributed by atoms with E-state index in [2.05, 4.69) is 10.4 Å². The molecule has 0 fully saturated rings. The number of rotatable bonds is 6. The number of nitrogens with zero attached hydrogens (tertiary/aromatic N) is 2. The Morgan fingerprint density at radius 2 is 2.35 bits per heavy atom. The van der Waals surface area contributed by atoms with Gasteiger partial charge in [0.1, 0.15) is 5.02 Å². The average Bonchev–Trinajstić information content (AvgIpc) is 2.28. The average molecular weight is 259 g/mol. The molecule has 0 spiro atoms. The molecule has 1 rings (SSSR count). The van der Waals surface area contributed by atoms with Crippen LogP contribution >= 0.6 is 11.6 Å². The van der Waals surface area contributed by atoms with Crippen LogP contribution in [0.15, 0.2) is 11.0 Å². The van der Waals surface area contributed by atoms with E-state index in [1.54, 1.807) is 6.20 Å². The van der Waals surface area contributed by atoms with E-state index in [9.17, 15) is 4.79 Å². The van der Waals surface area contributed by atoms with Crippen molar-refractivity contribution >= 4 is 17.3 Å². The summed E-state index contributed by atoms with van der Waals surface area (Å²) in [6.07, 6.45) is 3.25. The van der Waals surface area contributed by atoms with Crippen molar-refractivity contribution < 1.29 is 0 Å². The first-order valence-electron chi connectivity index (χ1n) is 5.81. The zero-order chi connectivity index (χ0) is 12.8. The molecule has 6 heteroatoms. The van der Waals surface area contributed by atoms with Gasteiger partial charge in [-0.3, -0.25) is 4.79 Å². The van der Waals surface area contributed by atoms with Gasteiger partial charge in [0.2, 0.25) is 0 Å². The molecular weight excluding hydrogens is 240 g/mol. The zero-order valence-electron chi connectivity index (χ0n) is 10.2. The molecule has 3 N–H and O–H groups in total. The van der Waals surface area contributed by atoms with E-state index in [-0.39, 0.29) is 16.6 Å². The van der Waals surface area contributed by atoms with Crippen molar-refractivity contribution in [2.75, 3.05) is 11.9 Å². The Labute approximate surface area is 106 Å². The van der Waals surface area contributed by atoms with E-state index >= 15 is 0 Å². The lowest BCUT2D eigenvalue weighted by Crippen LogP contribution is -2.25. The highest BCUT2D eigenvalue weighted by molar-refractivity contribution is 6.32. The Morgan fingerprint density at radius 1 is 1.65 bits per heavy atom. The van der Waals surface area contributed by atoms with Gasteiger partial charge in [0.25, 0.3) is 5.56 Å². The van der Waals surface area contributed by atoms with Crippen molar-refractivity contribution in [2.45, 2.75) is 39.3 Å². The first-order valence-corrected chi connectivity index (χ1v) is 6.19. The first-order chi connectivity index (χ1) is 8.06. The molecule has 0 saturated heterocycles. The van der Waals surface area contributed by atoms with Crippen LogP contribution < -0.4 is 16.6 Å². The number of aryl methyl sites for hydroxylation is 1. The molecule has 0 aliphatic carbocycles. The van der Waals surface area contributed by atoms with E-state index < -0.39 is 0 Å². The fraction of sp³-hybridized carbons (Fsp3) is 0.636. The molecule has 0 radical (unpaired) electrons. The van der Waals surface area contributed by atoms with E-state index in [1.807, 2.05) is 13.8 Å². The van der Waals surface area contributed by atoms with Crippen LogP contribution in [0, 0.1) is 0 Å². The summed E-state index contributed by atoms with van der Waals surface area (Å²) >= 11 is 5.98. The molecule has 1 aromatic heterocycles. The molecule has 1 atom stereocenters. The molecule has 96 valence electrons. The maximum Gasteiger partial charge on any atom is 0.287 e. The maximum atomic E-state index is 11.8. The largest absolute Gasteiger partial charge is 0.382 e. The fourth-order valence-electron chi connectivity index (χ4n) is 1.39. The summed E-state index contributed by atoms with van der Waals surface area (Å²) in [6.45, 7) is 5.17. The van der Waals surface area contributed by atoms with Gasteiger partial charge in [-0.2, -0.15) is 5.10 Å². The molecular formula is C11H19ClN4O. The second-order valence-corrected chi connectivity index (χ2v) is 4.47. The molecule has 0 aliphatic rings. The Kier molecular flexibility index (Phi) is 5.44. The van der Waals surface area contributed by atoms with Crippen LogP contribution in [0.5, 0.6) is 0 Å². The van der Waals surface area contributed by atoms with Gasteiger partial charge >= 0.3 is 0 Å². The van der Waals surface area contributed by atoms with E-state index in [0.29, 0.717) is 18.8 Å². The van der Waals surface area contributed by atoms with Crippen LogP contribution in [0.4, 0.5) is 5.69 Å². The minimum atomic E-state index is -0.251. The van der Waals surface area contributed by atoms with Crippen LogP contribution in [-0.4, -0.2) is 22.4 Å². The van der Waals surface area contributed by atoms with Crippen molar-refractivity contribution in [3.8, 4) is 0 Å². The number of aromatic nitrogens is 2. The summed E-state index contributed by atoms with van der Waals surface area (Å²) in [4.78, 5) is 11.8. The summed E-state index contributed by atoms with van der Waals surface area (Å²) in [5.41, 5.74) is 5.96. The number of nitrogens with one attached hydrogen (secondary N) is 1.